The topological polar surface area (TPSA) is 22.3 Å². The molecule has 2 aromatic carbocycles. The lowest BCUT2D eigenvalue weighted by molar-refractivity contribution is -0.137. The van der Waals surface area contributed by atoms with Crippen LogP contribution in [-0.4, -0.2) is 31.2 Å². The van der Waals surface area contributed by atoms with Gasteiger partial charge in [0.25, 0.3) is 0 Å². The van der Waals surface area contributed by atoms with E-state index in [1.54, 1.807) is 6.07 Å². The molecular weight excluding hydrogens is 327 g/mol. The van der Waals surface area contributed by atoms with Gasteiger partial charge >= 0.3 is 6.18 Å². The molecule has 1 aromatic heterocycles. The van der Waals surface area contributed by atoms with Crippen molar-refractivity contribution in [3.63, 3.8) is 0 Å². The number of hydrogen-bond acceptors (Lipinski definition) is 2. The molecule has 1 fully saturated rings. The summed E-state index contributed by atoms with van der Waals surface area (Å²) in [7, 11) is 0. The van der Waals surface area contributed by atoms with Crippen molar-refractivity contribution in [1.82, 2.24) is 4.98 Å². The highest BCUT2D eigenvalue weighted by Crippen LogP contribution is 2.32. The highest BCUT2D eigenvalue weighted by Gasteiger charge is 2.31. The zero-order valence-corrected chi connectivity index (χ0v) is 13.6. The number of piperazine rings is 1. The van der Waals surface area contributed by atoms with E-state index < -0.39 is 11.7 Å². The number of nitrogens with zero attached hydrogens (tertiary/aromatic N) is 2. The van der Waals surface area contributed by atoms with Gasteiger partial charge < -0.3 is 14.8 Å². The first-order valence-corrected chi connectivity index (χ1v) is 8.26. The maximum atomic E-state index is 12.9. The van der Waals surface area contributed by atoms with Gasteiger partial charge in [-0.3, -0.25) is 0 Å². The third kappa shape index (κ3) is 3.16. The lowest BCUT2D eigenvalue weighted by atomic mass is 10.1. The number of aromatic nitrogens is 1. The molecule has 1 aliphatic rings. The van der Waals surface area contributed by atoms with Crippen LogP contribution in [0, 0.1) is 0 Å². The number of H-pyrrole nitrogens is 1. The molecular formula is C19H18F3N3. The van der Waals surface area contributed by atoms with E-state index in [-0.39, 0.29) is 0 Å². The maximum Gasteiger partial charge on any atom is 0.416 e. The number of nitrogens with one attached hydrogen (secondary N) is 1. The molecule has 130 valence electrons. The number of benzene rings is 2. The Morgan fingerprint density at radius 2 is 1.52 bits per heavy atom. The molecule has 3 nitrogen and oxygen atoms in total. The molecule has 0 unspecified atom stereocenters. The summed E-state index contributed by atoms with van der Waals surface area (Å²) < 4.78 is 38.7. The molecule has 1 aliphatic heterocycles. The van der Waals surface area contributed by atoms with E-state index in [4.69, 9.17) is 0 Å². The van der Waals surface area contributed by atoms with E-state index in [9.17, 15) is 13.2 Å². The maximum absolute atomic E-state index is 12.9. The third-order valence-electron chi connectivity index (χ3n) is 4.67. The number of anilines is 2. The molecule has 6 heteroatoms. The van der Waals surface area contributed by atoms with Gasteiger partial charge in [0.15, 0.2) is 0 Å². The summed E-state index contributed by atoms with van der Waals surface area (Å²) in [5.74, 6) is 1.06. The Balaban J connectivity index is 1.48. The smallest absolute Gasteiger partial charge is 0.368 e. The first-order chi connectivity index (χ1) is 12.0. The number of para-hydroxylation sites is 1. The number of rotatable bonds is 2. The number of halogens is 3. The summed E-state index contributed by atoms with van der Waals surface area (Å²) in [6, 6.07) is 15.8. The van der Waals surface area contributed by atoms with Gasteiger partial charge in [0.2, 0.25) is 0 Å². The van der Waals surface area contributed by atoms with E-state index in [1.807, 2.05) is 23.1 Å². The zero-order valence-electron chi connectivity index (χ0n) is 13.6. The monoisotopic (exact) mass is 345 g/mol. The summed E-state index contributed by atoms with van der Waals surface area (Å²) in [4.78, 5) is 7.66. The minimum Gasteiger partial charge on any atom is -0.368 e. The molecule has 2 heterocycles. The van der Waals surface area contributed by atoms with Crippen LogP contribution in [0.2, 0.25) is 0 Å². The van der Waals surface area contributed by atoms with Crippen molar-refractivity contribution in [3.8, 4) is 0 Å². The Kier molecular flexibility index (Phi) is 3.82. The van der Waals surface area contributed by atoms with Crippen LogP contribution in [0.5, 0.6) is 0 Å². The summed E-state index contributed by atoms with van der Waals surface area (Å²) >= 11 is 0. The van der Waals surface area contributed by atoms with Gasteiger partial charge in [0.1, 0.15) is 5.82 Å². The van der Waals surface area contributed by atoms with E-state index in [0.29, 0.717) is 18.8 Å². The van der Waals surface area contributed by atoms with Gasteiger partial charge in [0, 0.05) is 42.8 Å². The molecule has 3 aromatic rings. The molecule has 4 rings (SSSR count). The van der Waals surface area contributed by atoms with Gasteiger partial charge in [-0.25, -0.2) is 0 Å². The van der Waals surface area contributed by atoms with Crippen LogP contribution >= 0.6 is 0 Å². The van der Waals surface area contributed by atoms with Crippen LogP contribution in [-0.2, 0) is 6.18 Å². The second-order valence-corrected chi connectivity index (χ2v) is 6.26. The summed E-state index contributed by atoms with van der Waals surface area (Å²) in [5, 5.41) is 1.16. The number of hydrogen-bond donors (Lipinski definition) is 1. The van der Waals surface area contributed by atoms with Gasteiger partial charge in [-0.05, 0) is 30.3 Å². The van der Waals surface area contributed by atoms with E-state index in [2.05, 4.69) is 22.0 Å². The SMILES string of the molecule is FC(F)(F)c1cccc(N2CCN(c3cc4ccccc4[nH]3)CC2)c1. The summed E-state index contributed by atoms with van der Waals surface area (Å²) in [6.45, 7) is 2.92. The fraction of sp³-hybridized carbons (Fsp3) is 0.263. The fourth-order valence-corrected chi connectivity index (χ4v) is 3.31. The van der Waals surface area contributed by atoms with Crippen molar-refractivity contribution in [2.75, 3.05) is 36.0 Å². The first kappa shape index (κ1) is 15.9. The van der Waals surface area contributed by atoms with Crippen LogP contribution < -0.4 is 9.80 Å². The van der Waals surface area contributed by atoms with Gasteiger partial charge in [0.05, 0.1) is 5.56 Å². The Hall–Kier alpha value is -2.63. The highest BCUT2D eigenvalue weighted by molar-refractivity contribution is 5.84. The predicted octanol–water partition coefficient (Wildman–Crippen LogP) is 4.51. The van der Waals surface area contributed by atoms with Crippen molar-refractivity contribution >= 4 is 22.4 Å². The average molecular weight is 345 g/mol. The third-order valence-corrected chi connectivity index (χ3v) is 4.67. The highest BCUT2D eigenvalue weighted by atomic mass is 19.4. The second kappa shape index (κ2) is 6.02. The number of alkyl halides is 3. The van der Waals surface area contributed by atoms with Crippen LogP contribution in [0.15, 0.2) is 54.6 Å². The van der Waals surface area contributed by atoms with Crippen LogP contribution in [0.1, 0.15) is 5.56 Å². The van der Waals surface area contributed by atoms with Crippen molar-refractivity contribution in [3.05, 3.63) is 60.2 Å². The summed E-state index contributed by atoms with van der Waals surface area (Å²) in [6.07, 6.45) is -4.30. The Morgan fingerprint density at radius 3 is 2.24 bits per heavy atom. The van der Waals surface area contributed by atoms with Gasteiger partial charge in [-0.15, -0.1) is 0 Å². The number of aromatic amines is 1. The average Bonchev–Trinajstić information content (AvgIpc) is 3.05. The first-order valence-electron chi connectivity index (χ1n) is 8.26. The second-order valence-electron chi connectivity index (χ2n) is 6.26. The molecule has 1 N–H and O–H groups in total. The van der Waals surface area contributed by atoms with Crippen molar-refractivity contribution < 1.29 is 13.2 Å². The predicted molar refractivity (Wildman–Crippen MR) is 94.2 cm³/mol. The molecule has 0 radical (unpaired) electrons. The molecule has 0 bridgehead atoms. The van der Waals surface area contributed by atoms with Crippen LogP contribution in [0.3, 0.4) is 0 Å². The standard InChI is InChI=1S/C19H18F3N3/c20-19(21,22)15-5-3-6-16(13-15)24-8-10-25(11-9-24)18-12-14-4-1-2-7-17(14)23-18/h1-7,12-13,23H,8-11H2. The van der Waals surface area contributed by atoms with Crippen molar-refractivity contribution in [1.29, 1.82) is 0 Å². The van der Waals surface area contributed by atoms with Crippen LogP contribution in [0.25, 0.3) is 10.9 Å². The quantitative estimate of drug-likeness (QED) is 0.738. The molecule has 0 atom stereocenters. The summed E-state index contributed by atoms with van der Waals surface area (Å²) in [5.41, 5.74) is 1.13. The van der Waals surface area contributed by atoms with Crippen molar-refractivity contribution in [2.24, 2.45) is 0 Å². The van der Waals surface area contributed by atoms with Gasteiger partial charge in [-0.2, -0.15) is 13.2 Å². The van der Waals surface area contributed by atoms with E-state index >= 15 is 0 Å². The molecule has 0 amide bonds. The number of fused-ring (bicyclic) bond motifs is 1. The molecule has 1 saturated heterocycles. The molecule has 0 saturated carbocycles. The molecule has 0 aliphatic carbocycles. The molecule has 25 heavy (non-hydrogen) atoms. The minimum atomic E-state index is -4.30. The molecule has 0 spiro atoms. The van der Waals surface area contributed by atoms with Crippen molar-refractivity contribution in [2.45, 2.75) is 6.18 Å². The Morgan fingerprint density at radius 1 is 0.800 bits per heavy atom. The van der Waals surface area contributed by atoms with E-state index in [1.165, 1.54) is 12.1 Å². The zero-order chi connectivity index (χ0) is 17.4. The lowest BCUT2D eigenvalue weighted by Crippen LogP contribution is -2.46. The van der Waals surface area contributed by atoms with Crippen LogP contribution in [0.4, 0.5) is 24.7 Å². The van der Waals surface area contributed by atoms with Gasteiger partial charge in [-0.1, -0.05) is 24.3 Å². The Labute approximate surface area is 143 Å². The minimum absolute atomic E-state index is 0.594. The Bertz CT molecular complexity index is 844. The fourth-order valence-electron chi connectivity index (χ4n) is 3.31. The largest absolute Gasteiger partial charge is 0.416 e. The van der Waals surface area contributed by atoms with E-state index in [0.717, 1.165) is 35.9 Å². The lowest BCUT2D eigenvalue weighted by Gasteiger charge is -2.36. The normalized spacial score (nSPS) is 15.8.